The van der Waals surface area contributed by atoms with Gasteiger partial charge in [0.25, 0.3) is 5.91 Å². The normalized spacial score (nSPS) is 26.5. The van der Waals surface area contributed by atoms with Gasteiger partial charge < -0.3 is 14.4 Å². The van der Waals surface area contributed by atoms with Crippen LogP contribution in [0.1, 0.15) is 48.2 Å². The summed E-state index contributed by atoms with van der Waals surface area (Å²) in [6.45, 7) is 1.99. The first-order valence-electron chi connectivity index (χ1n) is 8.60. The highest BCUT2D eigenvalue weighted by atomic mass is 16.4. The second kappa shape index (κ2) is 5.65. The number of carboxylic acid groups (broad SMARTS) is 1. The number of hydrogen-bond donors (Lipinski definition) is 1. The first-order chi connectivity index (χ1) is 11.5. The van der Waals surface area contributed by atoms with Crippen LogP contribution in [0, 0.1) is 12.8 Å². The Hall–Kier alpha value is -2.30. The Bertz CT molecular complexity index is 809. The van der Waals surface area contributed by atoms with Crippen molar-refractivity contribution in [3.63, 3.8) is 0 Å². The molecule has 126 valence electrons. The maximum Gasteiger partial charge on any atom is 0.326 e. The van der Waals surface area contributed by atoms with Gasteiger partial charge in [-0.2, -0.15) is 0 Å². The van der Waals surface area contributed by atoms with Crippen molar-refractivity contribution in [2.24, 2.45) is 5.92 Å². The third-order valence-corrected chi connectivity index (χ3v) is 5.49. The topological polar surface area (TPSA) is 70.8 Å². The number of carbonyl (C=O) groups excluding carboxylic acids is 1. The largest absolute Gasteiger partial charge is 0.480 e. The monoisotopic (exact) mass is 327 g/mol. The Morgan fingerprint density at radius 1 is 1.21 bits per heavy atom. The second-order valence-electron chi connectivity index (χ2n) is 7.07. The molecular weight excluding hydrogens is 306 g/mol. The van der Waals surface area contributed by atoms with Gasteiger partial charge in [0, 0.05) is 11.4 Å². The molecular formula is C19H21NO4. The van der Waals surface area contributed by atoms with Gasteiger partial charge in [-0.3, -0.25) is 4.79 Å². The van der Waals surface area contributed by atoms with E-state index in [1.54, 1.807) is 11.0 Å². The number of amides is 1. The van der Waals surface area contributed by atoms with Gasteiger partial charge in [0.05, 0.1) is 0 Å². The lowest BCUT2D eigenvalue weighted by atomic mass is 9.84. The molecule has 4 rings (SSSR count). The van der Waals surface area contributed by atoms with Crippen molar-refractivity contribution in [1.29, 1.82) is 0 Å². The van der Waals surface area contributed by atoms with E-state index in [0.29, 0.717) is 17.9 Å². The van der Waals surface area contributed by atoms with Crippen molar-refractivity contribution in [3.05, 3.63) is 35.6 Å². The number of aryl methyl sites for hydroxylation is 1. The molecule has 2 aliphatic rings. The van der Waals surface area contributed by atoms with Gasteiger partial charge >= 0.3 is 5.97 Å². The van der Waals surface area contributed by atoms with Gasteiger partial charge in [0.2, 0.25) is 0 Å². The zero-order valence-corrected chi connectivity index (χ0v) is 13.7. The molecule has 1 saturated carbocycles. The van der Waals surface area contributed by atoms with Gasteiger partial charge in [-0.15, -0.1) is 0 Å². The van der Waals surface area contributed by atoms with E-state index in [2.05, 4.69) is 0 Å². The molecule has 1 amide bonds. The highest BCUT2D eigenvalue weighted by molar-refractivity contribution is 5.98. The summed E-state index contributed by atoms with van der Waals surface area (Å²) in [5.41, 5.74) is 1.76. The predicted molar refractivity (Wildman–Crippen MR) is 88.9 cm³/mol. The molecule has 0 bridgehead atoms. The SMILES string of the molecule is Cc1ccc2oc(C(=O)N3C(C(=O)O)CC4CCCCC43)cc2c1. The van der Waals surface area contributed by atoms with Crippen LogP contribution in [0.3, 0.4) is 0 Å². The zero-order valence-electron chi connectivity index (χ0n) is 13.7. The number of likely N-dealkylation sites (tertiary alicyclic amines) is 1. The minimum Gasteiger partial charge on any atom is -0.480 e. The van der Waals surface area contributed by atoms with E-state index in [0.717, 1.165) is 36.6 Å². The van der Waals surface area contributed by atoms with Crippen LogP contribution in [-0.2, 0) is 4.79 Å². The summed E-state index contributed by atoms with van der Waals surface area (Å²) in [4.78, 5) is 26.3. The highest BCUT2D eigenvalue weighted by Gasteiger charge is 2.48. The van der Waals surface area contributed by atoms with E-state index in [1.165, 1.54) is 0 Å². The minimum absolute atomic E-state index is 0.0299. The standard InChI is InChI=1S/C19H21NO4/c1-11-6-7-16-13(8-11)10-17(24-16)18(21)20-14-5-3-2-4-12(14)9-15(20)19(22)23/h6-8,10,12,14-15H,2-5,9H2,1H3,(H,22,23). The number of furan rings is 1. The molecule has 1 aliphatic heterocycles. The zero-order chi connectivity index (χ0) is 16.8. The maximum absolute atomic E-state index is 13.0. The van der Waals surface area contributed by atoms with Crippen molar-refractivity contribution >= 4 is 22.8 Å². The summed E-state index contributed by atoms with van der Waals surface area (Å²) in [6, 6.07) is 6.79. The number of carboxylic acids is 1. The van der Waals surface area contributed by atoms with E-state index < -0.39 is 12.0 Å². The predicted octanol–water partition coefficient (Wildman–Crippen LogP) is 3.60. The molecule has 2 aromatic rings. The molecule has 1 aliphatic carbocycles. The fourth-order valence-corrected chi connectivity index (χ4v) is 4.37. The Labute approximate surface area is 140 Å². The average molecular weight is 327 g/mol. The molecule has 24 heavy (non-hydrogen) atoms. The Balaban J connectivity index is 1.70. The van der Waals surface area contributed by atoms with E-state index in [4.69, 9.17) is 4.42 Å². The maximum atomic E-state index is 13.0. The van der Waals surface area contributed by atoms with Gasteiger partial charge in [0.1, 0.15) is 11.6 Å². The fourth-order valence-electron chi connectivity index (χ4n) is 4.37. The Morgan fingerprint density at radius 3 is 2.79 bits per heavy atom. The van der Waals surface area contributed by atoms with Crippen LogP contribution < -0.4 is 0 Å². The molecule has 2 heterocycles. The summed E-state index contributed by atoms with van der Waals surface area (Å²) < 4.78 is 5.72. The van der Waals surface area contributed by atoms with Gasteiger partial charge in [-0.1, -0.05) is 24.5 Å². The Morgan fingerprint density at radius 2 is 2.00 bits per heavy atom. The number of carbonyl (C=O) groups is 2. The summed E-state index contributed by atoms with van der Waals surface area (Å²) >= 11 is 0. The second-order valence-corrected chi connectivity index (χ2v) is 7.07. The average Bonchev–Trinajstić information content (AvgIpc) is 3.15. The lowest BCUT2D eigenvalue weighted by molar-refractivity contribution is -0.141. The number of rotatable bonds is 2. The minimum atomic E-state index is -0.912. The van der Waals surface area contributed by atoms with Gasteiger partial charge in [-0.25, -0.2) is 4.79 Å². The number of nitrogens with zero attached hydrogens (tertiary/aromatic N) is 1. The molecule has 1 aromatic carbocycles. The van der Waals surface area contributed by atoms with E-state index in [9.17, 15) is 14.7 Å². The molecule has 1 saturated heterocycles. The molecule has 0 radical (unpaired) electrons. The quantitative estimate of drug-likeness (QED) is 0.915. The van der Waals surface area contributed by atoms with E-state index >= 15 is 0 Å². The van der Waals surface area contributed by atoms with E-state index in [1.807, 2.05) is 25.1 Å². The number of fused-ring (bicyclic) bond motifs is 2. The first kappa shape index (κ1) is 15.2. The van der Waals surface area contributed by atoms with Crippen LogP contribution in [0.25, 0.3) is 11.0 Å². The molecule has 1 N–H and O–H groups in total. The molecule has 3 atom stereocenters. The summed E-state index contributed by atoms with van der Waals surface area (Å²) in [5.74, 6) is -0.654. The third-order valence-electron chi connectivity index (χ3n) is 5.49. The van der Waals surface area contributed by atoms with Gasteiger partial charge in [-0.05, 0) is 50.3 Å². The fraction of sp³-hybridized carbons (Fsp3) is 0.474. The number of hydrogen-bond acceptors (Lipinski definition) is 3. The van der Waals surface area contributed by atoms with Crippen LogP contribution in [0.15, 0.2) is 28.7 Å². The van der Waals surface area contributed by atoms with Crippen molar-refractivity contribution in [1.82, 2.24) is 4.90 Å². The molecule has 5 nitrogen and oxygen atoms in total. The van der Waals surface area contributed by atoms with E-state index in [-0.39, 0.29) is 17.7 Å². The van der Waals surface area contributed by atoms with Crippen LogP contribution >= 0.6 is 0 Å². The lowest BCUT2D eigenvalue weighted by Crippen LogP contribution is -2.46. The summed E-state index contributed by atoms with van der Waals surface area (Å²) in [7, 11) is 0. The summed E-state index contributed by atoms with van der Waals surface area (Å²) in [5, 5.41) is 10.5. The molecule has 2 fully saturated rings. The number of aliphatic carboxylic acids is 1. The van der Waals surface area contributed by atoms with Crippen LogP contribution in [-0.4, -0.2) is 34.0 Å². The van der Waals surface area contributed by atoms with Crippen molar-refractivity contribution in [3.8, 4) is 0 Å². The summed E-state index contributed by atoms with van der Waals surface area (Å²) in [6.07, 6.45) is 4.64. The molecule has 5 heteroatoms. The molecule has 0 spiro atoms. The van der Waals surface area contributed by atoms with Crippen LogP contribution in [0.5, 0.6) is 0 Å². The van der Waals surface area contributed by atoms with Crippen LogP contribution in [0.2, 0.25) is 0 Å². The van der Waals surface area contributed by atoms with Gasteiger partial charge in [0.15, 0.2) is 5.76 Å². The van der Waals surface area contributed by atoms with Crippen molar-refractivity contribution in [2.75, 3.05) is 0 Å². The third kappa shape index (κ3) is 2.39. The highest BCUT2D eigenvalue weighted by Crippen LogP contribution is 2.40. The van der Waals surface area contributed by atoms with Crippen molar-refractivity contribution in [2.45, 2.75) is 51.1 Å². The smallest absolute Gasteiger partial charge is 0.326 e. The Kier molecular flexibility index (Phi) is 3.59. The van der Waals surface area contributed by atoms with Crippen molar-refractivity contribution < 1.29 is 19.1 Å². The molecule has 3 unspecified atom stereocenters. The number of benzene rings is 1. The first-order valence-corrected chi connectivity index (χ1v) is 8.60. The van der Waals surface area contributed by atoms with Crippen LogP contribution in [0.4, 0.5) is 0 Å². The molecule has 1 aromatic heterocycles. The lowest BCUT2D eigenvalue weighted by Gasteiger charge is -2.32.